The molecule has 0 atom stereocenters. The fraction of sp³-hybridized carbons (Fsp3) is 0.263. The lowest BCUT2D eigenvalue weighted by Crippen LogP contribution is -2.22. The molecule has 0 N–H and O–H groups in total. The first-order valence-electron chi connectivity index (χ1n) is 8.20. The van der Waals surface area contributed by atoms with Crippen molar-refractivity contribution in [3.63, 3.8) is 0 Å². The Morgan fingerprint density at radius 2 is 1.88 bits per heavy atom. The second kappa shape index (κ2) is 6.07. The topological polar surface area (TPSA) is 38.1 Å². The first-order chi connectivity index (χ1) is 11.7. The number of fused-ring (bicyclic) bond motifs is 1. The number of anilines is 1. The summed E-state index contributed by atoms with van der Waals surface area (Å²) in [4.78, 5) is 19.4. The number of aromatic nitrogens is 2. The van der Waals surface area contributed by atoms with Crippen molar-refractivity contribution in [3.8, 4) is 0 Å². The first kappa shape index (κ1) is 14.9. The highest BCUT2D eigenvalue weighted by Crippen LogP contribution is 2.22. The minimum atomic E-state index is -0.311. The molecule has 0 unspecified atom stereocenters. The van der Waals surface area contributed by atoms with Crippen molar-refractivity contribution >= 4 is 16.6 Å². The van der Waals surface area contributed by atoms with Gasteiger partial charge in [0.15, 0.2) is 0 Å². The Kier molecular flexibility index (Phi) is 3.76. The summed E-state index contributed by atoms with van der Waals surface area (Å²) < 4.78 is 15.3. The second-order valence-electron chi connectivity index (χ2n) is 6.16. The average molecular weight is 323 g/mol. The van der Waals surface area contributed by atoms with E-state index in [0.717, 1.165) is 18.8 Å². The van der Waals surface area contributed by atoms with E-state index in [1.165, 1.54) is 29.8 Å². The molecular formula is C19H18FN3O. The summed E-state index contributed by atoms with van der Waals surface area (Å²) in [6, 6.07) is 12.3. The molecule has 1 aliphatic rings. The Balaban J connectivity index is 1.71. The Bertz CT molecular complexity index is 945. The van der Waals surface area contributed by atoms with Crippen molar-refractivity contribution in [1.29, 1.82) is 0 Å². The second-order valence-corrected chi connectivity index (χ2v) is 6.16. The standard InChI is InChI=1S/C19H18FN3O/c20-17-6-2-1-5-14(17)12-23-13-21-18-11-15(22-9-3-4-10-22)7-8-16(18)19(23)24/h1-2,5-8,11,13H,3-4,9-10,12H2. The van der Waals surface area contributed by atoms with Crippen molar-refractivity contribution in [3.05, 3.63) is 70.5 Å². The number of hydrogen-bond acceptors (Lipinski definition) is 3. The molecule has 1 fully saturated rings. The third-order valence-corrected chi connectivity index (χ3v) is 4.58. The molecule has 122 valence electrons. The molecule has 1 aromatic heterocycles. The summed E-state index contributed by atoms with van der Waals surface area (Å²) in [5.74, 6) is -0.311. The van der Waals surface area contributed by atoms with E-state index in [9.17, 15) is 9.18 Å². The number of hydrogen-bond donors (Lipinski definition) is 0. The van der Waals surface area contributed by atoms with Crippen LogP contribution in [-0.4, -0.2) is 22.6 Å². The Labute approximate surface area is 139 Å². The van der Waals surface area contributed by atoms with Crippen molar-refractivity contribution in [2.45, 2.75) is 19.4 Å². The molecule has 5 heteroatoms. The van der Waals surface area contributed by atoms with E-state index in [1.54, 1.807) is 18.2 Å². The van der Waals surface area contributed by atoms with Crippen LogP contribution in [0.5, 0.6) is 0 Å². The molecule has 4 rings (SSSR count). The molecule has 0 saturated carbocycles. The Hall–Kier alpha value is -2.69. The van der Waals surface area contributed by atoms with Gasteiger partial charge in [-0.15, -0.1) is 0 Å². The van der Waals surface area contributed by atoms with E-state index < -0.39 is 0 Å². The molecule has 0 aliphatic carbocycles. The van der Waals surface area contributed by atoms with Crippen LogP contribution in [0.4, 0.5) is 10.1 Å². The Morgan fingerprint density at radius 3 is 2.67 bits per heavy atom. The van der Waals surface area contributed by atoms with Crippen molar-refractivity contribution in [2.75, 3.05) is 18.0 Å². The number of rotatable bonds is 3. The summed E-state index contributed by atoms with van der Waals surface area (Å²) in [6.07, 6.45) is 3.91. The lowest BCUT2D eigenvalue weighted by Gasteiger charge is -2.17. The maximum atomic E-state index is 13.8. The third kappa shape index (κ3) is 2.66. The van der Waals surface area contributed by atoms with Crippen molar-refractivity contribution in [2.24, 2.45) is 0 Å². The van der Waals surface area contributed by atoms with Crippen LogP contribution >= 0.6 is 0 Å². The van der Waals surface area contributed by atoms with Crippen LogP contribution in [0.3, 0.4) is 0 Å². The summed E-state index contributed by atoms with van der Waals surface area (Å²) in [5, 5.41) is 0.566. The van der Waals surface area contributed by atoms with Gasteiger partial charge in [0.25, 0.3) is 5.56 Å². The molecule has 1 aliphatic heterocycles. The van der Waals surface area contributed by atoms with Crippen LogP contribution in [0.1, 0.15) is 18.4 Å². The van der Waals surface area contributed by atoms with Gasteiger partial charge in [0, 0.05) is 24.3 Å². The fourth-order valence-electron chi connectivity index (χ4n) is 3.24. The van der Waals surface area contributed by atoms with E-state index in [1.807, 2.05) is 18.2 Å². The van der Waals surface area contributed by atoms with Gasteiger partial charge in [0.2, 0.25) is 0 Å². The first-order valence-corrected chi connectivity index (χ1v) is 8.20. The lowest BCUT2D eigenvalue weighted by molar-refractivity contribution is 0.595. The third-order valence-electron chi connectivity index (χ3n) is 4.58. The van der Waals surface area contributed by atoms with E-state index in [2.05, 4.69) is 9.88 Å². The van der Waals surface area contributed by atoms with Gasteiger partial charge in [-0.1, -0.05) is 18.2 Å². The highest BCUT2D eigenvalue weighted by Gasteiger charge is 2.14. The monoisotopic (exact) mass is 323 g/mol. The van der Waals surface area contributed by atoms with Crippen LogP contribution in [0.15, 0.2) is 53.6 Å². The van der Waals surface area contributed by atoms with Crippen LogP contribution in [0.25, 0.3) is 10.9 Å². The van der Waals surface area contributed by atoms with Gasteiger partial charge in [-0.2, -0.15) is 0 Å². The molecule has 24 heavy (non-hydrogen) atoms. The highest BCUT2D eigenvalue weighted by molar-refractivity contribution is 5.81. The van der Waals surface area contributed by atoms with E-state index in [-0.39, 0.29) is 17.9 Å². The maximum Gasteiger partial charge on any atom is 0.261 e. The average Bonchev–Trinajstić information content (AvgIpc) is 3.13. The predicted octanol–water partition coefficient (Wildman–Crippen LogP) is 3.18. The fourth-order valence-corrected chi connectivity index (χ4v) is 3.24. The van der Waals surface area contributed by atoms with Gasteiger partial charge in [-0.3, -0.25) is 9.36 Å². The molecule has 0 bridgehead atoms. The van der Waals surface area contributed by atoms with E-state index in [0.29, 0.717) is 16.5 Å². The molecule has 1 saturated heterocycles. The minimum absolute atomic E-state index is 0.142. The normalized spacial score (nSPS) is 14.5. The van der Waals surface area contributed by atoms with Gasteiger partial charge in [-0.25, -0.2) is 9.37 Å². The van der Waals surface area contributed by atoms with Gasteiger partial charge in [0.05, 0.1) is 23.8 Å². The maximum absolute atomic E-state index is 13.8. The number of nitrogens with zero attached hydrogens (tertiary/aromatic N) is 3. The molecule has 2 aromatic carbocycles. The zero-order chi connectivity index (χ0) is 16.5. The lowest BCUT2D eigenvalue weighted by atomic mass is 10.2. The van der Waals surface area contributed by atoms with Crippen LogP contribution in [0.2, 0.25) is 0 Å². The molecule has 2 heterocycles. The molecule has 0 amide bonds. The van der Waals surface area contributed by atoms with Crippen LogP contribution in [0, 0.1) is 5.82 Å². The summed E-state index contributed by atoms with van der Waals surface area (Å²) >= 11 is 0. The zero-order valence-corrected chi connectivity index (χ0v) is 13.3. The number of halogens is 1. The minimum Gasteiger partial charge on any atom is -0.371 e. The van der Waals surface area contributed by atoms with E-state index in [4.69, 9.17) is 0 Å². The zero-order valence-electron chi connectivity index (χ0n) is 13.3. The summed E-state index contributed by atoms with van der Waals surface area (Å²) in [6.45, 7) is 2.29. The molecule has 0 spiro atoms. The Morgan fingerprint density at radius 1 is 1.08 bits per heavy atom. The summed E-state index contributed by atoms with van der Waals surface area (Å²) in [7, 11) is 0. The van der Waals surface area contributed by atoms with Crippen LogP contribution in [-0.2, 0) is 6.54 Å². The van der Waals surface area contributed by atoms with Gasteiger partial charge < -0.3 is 4.90 Å². The van der Waals surface area contributed by atoms with Gasteiger partial charge in [-0.05, 0) is 37.1 Å². The van der Waals surface area contributed by atoms with Gasteiger partial charge in [0.1, 0.15) is 5.82 Å². The molecule has 4 nitrogen and oxygen atoms in total. The number of benzene rings is 2. The molecule has 3 aromatic rings. The quantitative estimate of drug-likeness (QED) is 0.743. The largest absolute Gasteiger partial charge is 0.371 e. The molecular weight excluding hydrogens is 305 g/mol. The van der Waals surface area contributed by atoms with Crippen molar-refractivity contribution in [1.82, 2.24) is 9.55 Å². The SMILES string of the molecule is O=c1c2ccc(N3CCCC3)cc2ncn1Cc1ccccc1F. The molecule has 0 radical (unpaired) electrons. The van der Waals surface area contributed by atoms with E-state index >= 15 is 0 Å². The van der Waals surface area contributed by atoms with Crippen molar-refractivity contribution < 1.29 is 4.39 Å². The predicted molar refractivity (Wildman–Crippen MR) is 93.0 cm³/mol. The summed E-state index contributed by atoms with van der Waals surface area (Å²) in [5.41, 5.74) is 2.14. The smallest absolute Gasteiger partial charge is 0.261 e. The van der Waals surface area contributed by atoms with Crippen LogP contribution < -0.4 is 10.5 Å². The van der Waals surface area contributed by atoms with Gasteiger partial charge >= 0.3 is 0 Å². The highest BCUT2D eigenvalue weighted by atomic mass is 19.1.